The summed E-state index contributed by atoms with van der Waals surface area (Å²) in [7, 11) is 2.07. The Morgan fingerprint density at radius 3 is 2.62 bits per heavy atom. The second-order valence-electron chi connectivity index (χ2n) is 5.70. The van der Waals surface area contributed by atoms with E-state index in [0.717, 1.165) is 24.6 Å². The molecule has 1 aromatic heterocycles. The highest BCUT2D eigenvalue weighted by Gasteiger charge is 2.10. The van der Waals surface area contributed by atoms with E-state index in [-0.39, 0.29) is 0 Å². The molecule has 2 aromatic rings. The average Bonchev–Trinajstić information content (AvgIpc) is 2.80. The number of rotatable bonds is 8. The number of para-hydroxylation sites is 2. The smallest absolute Gasteiger partial charge is 0.203 e. The summed E-state index contributed by atoms with van der Waals surface area (Å²) in [5.41, 5.74) is 2.23. The Balaban J connectivity index is 1.89. The molecule has 0 fully saturated rings. The zero-order valence-corrected chi connectivity index (χ0v) is 13.8. The van der Waals surface area contributed by atoms with Crippen molar-refractivity contribution in [2.75, 3.05) is 25.0 Å². The van der Waals surface area contributed by atoms with Gasteiger partial charge in [0.05, 0.1) is 11.0 Å². The maximum absolute atomic E-state index is 4.67. The Bertz CT molecular complexity index is 557. The van der Waals surface area contributed by atoms with Crippen LogP contribution in [0.15, 0.2) is 24.3 Å². The fourth-order valence-electron chi connectivity index (χ4n) is 2.73. The van der Waals surface area contributed by atoms with Crippen molar-refractivity contribution in [3.05, 3.63) is 24.3 Å². The molecule has 4 nitrogen and oxygen atoms in total. The predicted molar refractivity (Wildman–Crippen MR) is 90.8 cm³/mol. The Labute approximate surface area is 128 Å². The third kappa shape index (κ3) is 3.97. The van der Waals surface area contributed by atoms with Gasteiger partial charge in [-0.1, -0.05) is 26.0 Å². The second-order valence-corrected chi connectivity index (χ2v) is 5.70. The van der Waals surface area contributed by atoms with Gasteiger partial charge in [0.25, 0.3) is 0 Å². The highest BCUT2D eigenvalue weighted by molar-refractivity contribution is 5.78. The van der Waals surface area contributed by atoms with Crippen LogP contribution in [0.1, 0.15) is 33.6 Å². The molecule has 0 saturated heterocycles. The Kier molecular flexibility index (Phi) is 5.62. The van der Waals surface area contributed by atoms with Gasteiger partial charge < -0.3 is 14.8 Å². The fraction of sp³-hybridized carbons (Fsp3) is 0.588. The van der Waals surface area contributed by atoms with Crippen molar-refractivity contribution in [2.24, 2.45) is 7.05 Å². The van der Waals surface area contributed by atoms with Crippen LogP contribution in [0.25, 0.3) is 11.0 Å². The molecule has 0 radical (unpaired) electrons. The molecule has 116 valence electrons. The van der Waals surface area contributed by atoms with E-state index < -0.39 is 0 Å². The van der Waals surface area contributed by atoms with Crippen molar-refractivity contribution in [3.63, 3.8) is 0 Å². The number of aromatic nitrogens is 2. The van der Waals surface area contributed by atoms with Gasteiger partial charge in [-0.05, 0) is 51.5 Å². The first kappa shape index (κ1) is 15.8. The molecule has 0 saturated carbocycles. The zero-order valence-electron chi connectivity index (χ0n) is 13.8. The molecule has 0 spiro atoms. The van der Waals surface area contributed by atoms with Gasteiger partial charge in [-0.15, -0.1) is 0 Å². The highest BCUT2D eigenvalue weighted by atomic mass is 15.2. The van der Waals surface area contributed by atoms with E-state index in [2.05, 4.69) is 65.8 Å². The van der Waals surface area contributed by atoms with E-state index in [1.807, 2.05) is 6.07 Å². The van der Waals surface area contributed by atoms with Crippen LogP contribution in [0.4, 0.5) is 5.95 Å². The SMILES string of the molecule is CCN(CC)CCC[C@@H](C)Nc1nc2ccccc2n1C. The minimum Gasteiger partial charge on any atom is -0.353 e. The first-order chi connectivity index (χ1) is 10.2. The van der Waals surface area contributed by atoms with Crippen LogP contribution in [-0.4, -0.2) is 40.1 Å². The Morgan fingerprint density at radius 1 is 1.24 bits per heavy atom. The largest absolute Gasteiger partial charge is 0.353 e. The third-order valence-electron chi connectivity index (χ3n) is 4.17. The molecule has 0 unspecified atom stereocenters. The summed E-state index contributed by atoms with van der Waals surface area (Å²) in [5, 5.41) is 3.54. The lowest BCUT2D eigenvalue weighted by molar-refractivity contribution is 0.295. The molecular formula is C17H28N4. The van der Waals surface area contributed by atoms with Crippen molar-refractivity contribution in [3.8, 4) is 0 Å². The Hall–Kier alpha value is -1.55. The van der Waals surface area contributed by atoms with Crippen molar-refractivity contribution in [2.45, 2.75) is 39.7 Å². The number of aryl methyl sites for hydroxylation is 1. The normalized spacial score (nSPS) is 13.0. The number of nitrogens with zero attached hydrogens (tertiary/aromatic N) is 3. The average molecular weight is 288 g/mol. The topological polar surface area (TPSA) is 33.1 Å². The van der Waals surface area contributed by atoms with Crippen LogP contribution in [0.2, 0.25) is 0 Å². The van der Waals surface area contributed by atoms with E-state index in [0.29, 0.717) is 6.04 Å². The van der Waals surface area contributed by atoms with E-state index in [4.69, 9.17) is 0 Å². The number of imidazole rings is 1. The summed E-state index contributed by atoms with van der Waals surface area (Å²) < 4.78 is 2.14. The number of hydrogen-bond donors (Lipinski definition) is 1. The number of nitrogens with one attached hydrogen (secondary N) is 1. The molecule has 0 amide bonds. The van der Waals surface area contributed by atoms with Crippen LogP contribution in [-0.2, 0) is 7.05 Å². The van der Waals surface area contributed by atoms with E-state index in [1.54, 1.807) is 0 Å². The van der Waals surface area contributed by atoms with E-state index in [9.17, 15) is 0 Å². The summed E-state index contributed by atoms with van der Waals surface area (Å²) in [6, 6.07) is 8.70. The summed E-state index contributed by atoms with van der Waals surface area (Å²) in [4.78, 5) is 7.14. The lowest BCUT2D eigenvalue weighted by atomic mass is 10.2. The zero-order chi connectivity index (χ0) is 15.2. The first-order valence-corrected chi connectivity index (χ1v) is 8.06. The van der Waals surface area contributed by atoms with Crippen molar-refractivity contribution in [1.82, 2.24) is 14.5 Å². The number of benzene rings is 1. The molecule has 21 heavy (non-hydrogen) atoms. The van der Waals surface area contributed by atoms with Crippen LogP contribution < -0.4 is 5.32 Å². The summed E-state index contributed by atoms with van der Waals surface area (Å²) in [6.45, 7) is 10.2. The maximum Gasteiger partial charge on any atom is 0.203 e. The van der Waals surface area contributed by atoms with Crippen LogP contribution in [0.3, 0.4) is 0 Å². The molecule has 1 atom stereocenters. The van der Waals surface area contributed by atoms with Crippen LogP contribution in [0.5, 0.6) is 0 Å². The number of hydrogen-bond acceptors (Lipinski definition) is 3. The van der Waals surface area contributed by atoms with Gasteiger partial charge in [0.1, 0.15) is 0 Å². The summed E-state index contributed by atoms with van der Waals surface area (Å²) >= 11 is 0. The molecule has 1 N–H and O–H groups in total. The first-order valence-electron chi connectivity index (χ1n) is 8.06. The van der Waals surface area contributed by atoms with Gasteiger partial charge in [-0.3, -0.25) is 0 Å². The molecule has 1 aromatic carbocycles. The van der Waals surface area contributed by atoms with Crippen molar-refractivity contribution >= 4 is 17.0 Å². The molecule has 0 bridgehead atoms. The van der Waals surface area contributed by atoms with Gasteiger partial charge in [0.15, 0.2) is 0 Å². The lowest BCUT2D eigenvalue weighted by Crippen LogP contribution is -2.26. The number of anilines is 1. The lowest BCUT2D eigenvalue weighted by Gasteiger charge is -2.20. The molecule has 2 rings (SSSR count). The van der Waals surface area contributed by atoms with Crippen LogP contribution in [0, 0.1) is 0 Å². The third-order valence-corrected chi connectivity index (χ3v) is 4.17. The second kappa shape index (κ2) is 7.46. The standard InChI is InChI=1S/C17H28N4/c1-5-21(6-2)13-9-10-14(3)18-17-19-15-11-7-8-12-16(15)20(17)4/h7-8,11-12,14H,5-6,9-10,13H2,1-4H3,(H,18,19)/t14-/m1/s1. The summed E-state index contributed by atoms with van der Waals surface area (Å²) in [5.74, 6) is 0.964. The van der Waals surface area contributed by atoms with Gasteiger partial charge in [-0.25, -0.2) is 4.98 Å². The maximum atomic E-state index is 4.67. The van der Waals surface area contributed by atoms with Crippen molar-refractivity contribution in [1.29, 1.82) is 0 Å². The molecule has 0 aliphatic carbocycles. The molecule has 0 aliphatic heterocycles. The minimum atomic E-state index is 0.441. The molecular weight excluding hydrogens is 260 g/mol. The van der Waals surface area contributed by atoms with Gasteiger partial charge >= 0.3 is 0 Å². The van der Waals surface area contributed by atoms with Gasteiger partial charge in [-0.2, -0.15) is 0 Å². The number of fused-ring (bicyclic) bond motifs is 1. The van der Waals surface area contributed by atoms with Gasteiger partial charge in [0, 0.05) is 13.1 Å². The van der Waals surface area contributed by atoms with Crippen LogP contribution >= 0.6 is 0 Å². The Morgan fingerprint density at radius 2 is 1.95 bits per heavy atom. The fourth-order valence-corrected chi connectivity index (χ4v) is 2.73. The molecule has 1 heterocycles. The van der Waals surface area contributed by atoms with E-state index in [1.165, 1.54) is 24.9 Å². The van der Waals surface area contributed by atoms with E-state index >= 15 is 0 Å². The predicted octanol–water partition coefficient (Wildman–Crippen LogP) is 3.50. The molecule has 0 aliphatic rings. The highest BCUT2D eigenvalue weighted by Crippen LogP contribution is 2.18. The quantitative estimate of drug-likeness (QED) is 0.807. The van der Waals surface area contributed by atoms with Crippen molar-refractivity contribution < 1.29 is 0 Å². The minimum absolute atomic E-state index is 0.441. The monoisotopic (exact) mass is 288 g/mol. The summed E-state index contributed by atoms with van der Waals surface area (Å²) in [6.07, 6.45) is 2.39. The van der Waals surface area contributed by atoms with Gasteiger partial charge in [0.2, 0.25) is 5.95 Å². The molecule has 4 heteroatoms.